The molecule has 0 heterocycles. The predicted molar refractivity (Wildman–Crippen MR) is 63.7 cm³/mol. The number of carbonyl (C=O) groups excluding carboxylic acids is 2. The van der Waals surface area contributed by atoms with Crippen LogP contribution < -0.4 is 16.4 Å². The Morgan fingerprint density at radius 3 is 2.50 bits per heavy atom. The molecule has 18 heavy (non-hydrogen) atoms. The van der Waals surface area contributed by atoms with Crippen molar-refractivity contribution in [2.45, 2.75) is 38.1 Å². The van der Waals surface area contributed by atoms with E-state index >= 15 is 0 Å². The van der Waals surface area contributed by atoms with E-state index < -0.39 is 23.9 Å². The molecule has 7 nitrogen and oxygen atoms in total. The van der Waals surface area contributed by atoms with Gasteiger partial charge in [-0.2, -0.15) is 0 Å². The Labute approximate surface area is 105 Å². The van der Waals surface area contributed by atoms with Crippen molar-refractivity contribution in [3.63, 3.8) is 0 Å². The molecule has 0 aromatic rings. The van der Waals surface area contributed by atoms with Crippen LogP contribution in [0.1, 0.15) is 32.1 Å². The van der Waals surface area contributed by atoms with E-state index in [2.05, 4.69) is 10.6 Å². The fourth-order valence-corrected chi connectivity index (χ4v) is 1.55. The highest BCUT2D eigenvalue weighted by Gasteiger charge is 2.22. The van der Waals surface area contributed by atoms with Crippen molar-refractivity contribution in [2.24, 2.45) is 11.7 Å². The molecule has 1 aliphatic carbocycles. The summed E-state index contributed by atoms with van der Waals surface area (Å²) in [7, 11) is 0. The molecule has 0 unspecified atom stereocenters. The SMILES string of the molecule is NC(=O)CC[C@H](NC(=O)NCCC1CC1)C(=O)O. The topological polar surface area (TPSA) is 122 Å². The van der Waals surface area contributed by atoms with E-state index in [4.69, 9.17) is 10.8 Å². The first-order chi connectivity index (χ1) is 8.49. The number of nitrogens with two attached hydrogens (primary N) is 1. The second-order valence-corrected chi connectivity index (χ2v) is 4.53. The number of hydrogen-bond acceptors (Lipinski definition) is 3. The summed E-state index contributed by atoms with van der Waals surface area (Å²) in [5.41, 5.74) is 4.93. The van der Waals surface area contributed by atoms with Crippen LogP contribution in [0.2, 0.25) is 0 Å². The summed E-state index contributed by atoms with van der Waals surface area (Å²) < 4.78 is 0. The van der Waals surface area contributed by atoms with Crippen LogP contribution in [0.15, 0.2) is 0 Å². The first kappa shape index (κ1) is 14.3. The fourth-order valence-electron chi connectivity index (χ4n) is 1.55. The summed E-state index contributed by atoms with van der Waals surface area (Å²) in [5, 5.41) is 13.8. The zero-order valence-electron chi connectivity index (χ0n) is 10.1. The zero-order valence-corrected chi connectivity index (χ0v) is 10.1. The van der Waals surface area contributed by atoms with Gasteiger partial charge >= 0.3 is 12.0 Å². The van der Waals surface area contributed by atoms with Gasteiger partial charge in [0, 0.05) is 13.0 Å². The normalized spacial score (nSPS) is 15.8. The summed E-state index contributed by atoms with van der Waals surface area (Å²) in [6, 6.07) is -1.61. The average Bonchev–Trinajstić information content (AvgIpc) is 3.07. The molecule has 0 aliphatic heterocycles. The zero-order chi connectivity index (χ0) is 13.5. The van der Waals surface area contributed by atoms with E-state index in [0.717, 1.165) is 6.42 Å². The van der Waals surface area contributed by atoms with E-state index in [1.54, 1.807) is 0 Å². The van der Waals surface area contributed by atoms with E-state index in [9.17, 15) is 14.4 Å². The molecule has 1 fully saturated rings. The Morgan fingerprint density at radius 2 is 2.00 bits per heavy atom. The molecule has 0 radical (unpaired) electrons. The van der Waals surface area contributed by atoms with Crippen LogP contribution in [0.3, 0.4) is 0 Å². The predicted octanol–water partition coefficient (Wildman–Crippen LogP) is -0.196. The number of aliphatic carboxylic acids is 1. The van der Waals surface area contributed by atoms with Gasteiger partial charge in [0.2, 0.25) is 5.91 Å². The van der Waals surface area contributed by atoms with Gasteiger partial charge in [-0.05, 0) is 18.8 Å². The monoisotopic (exact) mass is 257 g/mol. The smallest absolute Gasteiger partial charge is 0.326 e. The standard InChI is InChI=1S/C11H19N3O4/c12-9(15)4-3-8(10(16)17)14-11(18)13-6-5-7-1-2-7/h7-8H,1-6H2,(H2,12,15)(H,16,17)(H2,13,14,18)/t8-/m0/s1. The molecular weight excluding hydrogens is 238 g/mol. The Kier molecular flexibility index (Phi) is 5.41. The number of primary amides is 1. The highest BCUT2D eigenvalue weighted by atomic mass is 16.4. The number of rotatable bonds is 8. The number of hydrogen-bond donors (Lipinski definition) is 4. The molecule has 1 saturated carbocycles. The molecule has 1 rings (SSSR count). The van der Waals surface area contributed by atoms with Crippen LogP contribution in [-0.2, 0) is 9.59 Å². The van der Waals surface area contributed by atoms with E-state index in [0.29, 0.717) is 12.5 Å². The minimum Gasteiger partial charge on any atom is -0.480 e. The van der Waals surface area contributed by atoms with Gasteiger partial charge in [0.25, 0.3) is 0 Å². The minimum absolute atomic E-state index is 0.000706. The van der Waals surface area contributed by atoms with Crippen LogP contribution in [0.5, 0.6) is 0 Å². The van der Waals surface area contributed by atoms with Crippen molar-refractivity contribution >= 4 is 17.9 Å². The van der Waals surface area contributed by atoms with Crippen molar-refractivity contribution in [2.75, 3.05) is 6.54 Å². The molecule has 1 aliphatic rings. The lowest BCUT2D eigenvalue weighted by Crippen LogP contribution is -2.46. The molecule has 0 aromatic carbocycles. The maximum Gasteiger partial charge on any atom is 0.326 e. The summed E-state index contributed by atoms with van der Waals surface area (Å²) in [4.78, 5) is 32.8. The van der Waals surface area contributed by atoms with E-state index in [1.165, 1.54) is 12.8 Å². The minimum atomic E-state index is -1.17. The number of carboxylic acids is 1. The van der Waals surface area contributed by atoms with Crippen molar-refractivity contribution in [3.05, 3.63) is 0 Å². The van der Waals surface area contributed by atoms with Crippen LogP contribution in [0.25, 0.3) is 0 Å². The third kappa shape index (κ3) is 6.07. The van der Waals surface area contributed by atoms with Crippen LogP contribution in [0, 0.1) is 5.92 Å². The largest absolute Gasteiger partial charge is 0.480 e. The summed E-state index contributed by atoms with van der Waals surface area (Å²) >= 11 is 0. The van der Waals surface area contributed by atoms with Crippen LogP contribution in [-0.4, -0.2) is 35.6 Å². The number of nitrogens with one attached hydrogen (secondary N) is 2. The summed E-state index contributed by atoms with van der Waals surface area (Å²) in [6.07, 6.45) is 3.27. The third-order valence-electron chi connectivity index (χ3n) is 2.82. The second kappa shape index (κ2) is 6.83. The number of carbonyl (C=O) groups is 3. The van der Waals surface area contributed by atoms with Gasteiger partial charge in [-0.15, -0.1) is 0 Å². The lowest BCUT2D eigenvalue weighted by Gasteiger charge is -2.14. The second-order valence-electron chi connectivity index (χ2n) is 4.53. The number of urea groups is 1. The summed E-state index contributed by atoms with van der Waals surface area (Å²) in [6.45, 7) is 0.540. The van der Waals surface area contributed by atoms with Crippen molar-refractivity contribution < 1.29 is 19.5 Å². The van der Waals surface area contributed by atoms with Crippen LogP contribution in [0.4, 0.5) is 4.79 Å². The first-order valence-electron chi connectivity index (χ1n) is 6.04. The van der Waals surface area contributed by atoms with Crippen molar-refractivity contribution in [1.29, 1.82) is 0 Å². The fraction of sp³-hybridized carbons (Fsp3) is 0.727. The quantitative estimate of drug-likeness (QED) is 0.481. The lowest BCUT2D eigenvalue weighted by atomic mass is 10.1. The highest BCUT2D eigenvalue weighted by Crippen LogP contribution is 2.31. The third-order valence-corrected chi connectivity index (χ3v) is 2.82. The lowest BCUT2D eigenvalue weighted by molar-refractivity contribution is -0.139. The van der Waals surface area contributed by atoms with Crippen molar-refractivity contribution in [3.8, 4) is 0 Å². The molecule has 5 N–H and O–H groups in total. The maximum absolute atomic E-state index is 11.4. The molecule has 0 aromatic heterocycles. The van der Waals surface area contributed by atoms with Gasteiger partial charge < -0.3 is 21.5 Å². The van der Waals surface area contributed by atoms with Crippen LogP contribution >= 0.6 is 0 Å². The van der Waals surface area contributed by atoms with Gasteiger partial charge in [0.05, 0.1) is 0 Å². The first-order valence-corrected chi connectivity index (χ1v) is 6.04. The number of carboxylic acid groups (broad SMARTS) is 1. The Morgan fingerprint density at radius 1 is 1.33 bits per heavy atom. The number of amides is 3. The molecule has 0 spiro atoms. The van der Waals surface area contributed by atoms with E-state index in [1.807, 2.05) is 0 Å². The summed E-state index contributed by atoms with van der Waals surface area (Å²) in [5.74, 6) is -1.05. The van der Waals surface area contributed by atoms with E-state index in [-0.39, 0.29) is 12.8 Å². The molecular formula is C11H19N3O4. The molecule has 1 atom stereocenters. The molecule has 102 valence electrons. The highest BCUT2D eigenvalue weighted by molar-refractivity contribution is 5.83. The average molecular weight is 257 g/mol. The molecule has 7 heteroatoms. The van der Waals surface area contributed by atoms with Gasteiger partial charge in [-0.3, -0.25) is 4.79 Å². The maximum atomic E-state index is 11.4. The van der Waals surface area contributed by atoms with Gasteiger partial charge in [-0.1, -0.05) is 12.8 Å². The van der Waals surface area contributed by atoms with Gasteiger partial charge in [0.15, 0.2) is 0 Å². The molecule has 0 bridgehead atoms. The molecule has 3 amide bonds. The van der Waals surface area contributed by atoms with Gasteiger partial charge in [-0.25, -0.2) is 9.59 Å². The molecule has 0 saturated heterocycles. The Hall–Kier alpha value is -1.79. The van der Waals surface area contributed by atoms with Crippen molar-refractivity contribution in [1.82, 2.24) is 10.6 Å². The Bertz CT molecular complexity index is 328. The van der Waals surface area contributed by atoms with Gasteiger partial charge in [0.1, 0.15) is 6.04 Å². The Balaban J connectivity index is 2.22.